The lowest BCUT2D eigenvalue weighted by atomic mass is 10.2. The Hall–Kier alpha value is -2.90. The van der Waals surface area contributed by atoms with Crippen molar-refractivity contribution >= 4 is 52.3 Å². The molecule has 0 aliphatic carbocycles. The van der Waals surface area contributed by atoms with Crippen LogP contribution in [0.25, 0.3) is 0 Å². The van der Waals surface area contributed by atoms with Crippen LogP contribution in [-0.4, -0.2) is 28.3 Å². The Bertz CT molecular complexity index is 914. The van der Waals surface area contributed by atoms with Gasteiger partial charge in [-0.25, -0.2) is 4.79 Å². The first-order valence-electron chi connectivity index (χ1n) is 7.42. The minimum Gasteiger partial charge on any atom is -0.465 e. The Morgan fingerprint density at radius 3 is 2.35 bits per heavy atom. The summed E-state index contributed by atoms with van der Waals surface area (Å²) < 4.78 is 4.67. The summed E-state index contributed by atoms with van der Waals surface area (Å²) in [6.07, 6.45) is 1.48. The van der Waals surface area contributed by atoms with E-state index in [-0.39, 0.29) is 5.95 Å². The highest BCUT2D eigenvalue weighted by Crippen LogP contribution is 2.24. The van der Waals surface area contributed by atoms with Crippen molar-refractivity contribution in [3.63, 3.8) is 0 Å². The van der Waals surface area contributed by atoms with E-state index in [1.165, 1.54) is 13.3 Å². The van der Waals surface area contributed by atoms with Crippen LogP contribution in [0.15, 0.2) is 48.7 Å². The van der Waals surface area contributed by atoms with E-state index < -0.39 is 5.97 Å². The highest BCUT2D eigenvalue weighted by atomic mass is 35.5. The zero-order valence-electron chi connectivity index (χ0n) is 13.5. The molecule has 26 heavy (non-hydrogen) atoms. The van der Waals surface area contributed by atoms with Crippen LogP contribution in [0, 0.1) is 0 Å². The number of aromatic nitrogens is 3. The number of anilines is 4. The number of rotatable bonds is 5. The van der Waals surface area contributed by atoms with E-state index in [2.05, 4.69) is 30.6 Å². The molecule has 0 bridgehead atoms. The van der Waals surface area contributed by atoms with Crippen molar-refractivity contribution in [2.75, 3.05) is 17.7 Å². The van der Waals surface area contributed by atoms with Crippen molar-refractivity contribution in [3.05, 3.63) is 64.3 Å². The second-order valence-electron chi connectivity index (χ2n) is 5.14. The van der Waals surface area contributed by atoms with E-state index in [1.54, 1.807) is 42.5 Å². The lowest BCUT2D eigenvalue weighted by molar-refractivity contribution is 0.0601. The fourth-order valence-corrected chi connectivity index (χ4v) is 2.65. The van der Waals surface area contributed by atoms with Crippen molar-refractivity contribution < 1.29 is 9.53 Å². The fourth-order valence-electron chi connectivity index (χ4n) is 2.13. The first-order valence-corrected chi connectivity index (χ1v) is 8.17. The molecule has 3 aromatic rings. The molecule has 0 amide bonds. The van der Waals surface area contributed by atoms with Gasteiger partial charge in [0.05, 0.1) is 18.9 Å². The highest BCUT2D eigenvalue weighted by Gasteiger charge is 2.06. The second kappa shape index (κ2) is 7.99. The summed E-state index contributed by atoms with van der Waals surface area (Å²) in [5, 5.41) is 14.9. The summed E-state index contributed by atoms with van der Waals surface area (Å²) in [4.78, 5) is 15.8. The Morgan fingerprint density at radius 2 is 1.69 bits per heavy atom. The van der Waals surface area contributed by atoms with E-state index in [0.717, 1.165) is 5.69 Å². The first-order chi connectivity index (χ1) is 12.5. The molecule has 3 rings (SSSR count). The summed E-state index contributed by atoms with van der Waals surface area (Å²) in [5.41, 5.74) is 1.83. The molecule has 0 saturated carbocycles. The highest BCUT2D eigenvalue weighted by molar-refractivity contribution is 6.35. The third-order valence-electron chi connectivity index (χ3n) is 3.26. The topological polar surface area (TPSA) is 89.0 Å². The number of ether oxygens (including phenoxy) is 1. The van der Waals surface area contributed by atoms with Crippen LogP contribution in [0.1, 0.15) is 10.4 Å². The standard InChI is InChI=1S/C17H13Cl2N5O2/c1-26-16(25)10-2-4-13(5-3-10)21-15-9-20-24-17(23-15)22-14-7-11(18)6-12(19)8-14/h2-9H,1H3,(H2,21,22,23,24). The van der Waals surface area contributed by atoms with Gasteiger partial charge in [0.1, 0.15) is 0 Å². The van der Waals surface area contributed by atoms with Gasteiger partial charge in [0, 0.05) is 21.4 Å². The summed E-state index contributed by atoms with van der Waals surface area (Å²) in [6.45, 7) is 0. The predicted octanol–water partition coefficient (Wildman–Crippen LogP) is 4.45. The van der Waals surface area contributed by atoms with Crippen molar-refractivity contribution in [1.29, 1.82) is 0 Å². The molecule has 0 saturated heterocycles. The maximum atomic E-state index is 11.4. The largest absolute Gasteiger partial charge is 0.465 e. The van der Waals surface area contributed by atoms with Crippen LogP contribution in [0.2, 0.25) is 10.0 Å². The normalized spacial score (nSPS) is 10.3. The van der Waals surface area contributed by atoms with Gasteiger partial charge >= 0.3 is 5.97 Å². The van der Waals surface area contributed by atoms with E-state index in [9.17, 15) is 4.79 Å². The quantitative estimate of drug-likeness (QED) is 0.622. The number of halogens is 2. The molecule has 9 heteroatoms. The molecule has 0 unspecified atom stereocenters. The van der Waals surface area contributed by atoms with Gasteiger partial charge in [-0.15, -0.1) is 5.10 Å². The summed E-state index contributed by atoms with van der Waals surface area (Å²) >= 11 is 11.9. The second-order valence-corrected chi connectivity index (χ2v) is 6.02. The van der Waals surface area contributed by atoms with Gasteiger partial charge in [0.25, 0.3) is 0 Å². The van der Waals surface area contributed by atoms with Gasteiger partial charge in [-0.3, -0.25) is 0 Å². The van der Waals surface area contributed by atoms with Crippen molar-refractivity contribution in [2.24, 2.45) is 0 Å². The van der Waals surface area contributed by atoms with E-state index in [1.807, 2.05) is 0 Å². The number of hydrogen-bond donors (Lipinski definition) is 2. The van der Waals surface area contributed by atoms with Crippen LogP contribution >= 0.6 is 23.2 Å². The summed E-state index contributed by atoms with van der Waals surface area (Å²) in [5.74, 6) is 0.355. The van der Waals surface area contributed by atoms with Gasteiger partial charge < -0.3 is 15.4 Å². The number of hydrogen-bond acceptors (Lipinski definition) is 7. The number of benzene rings is 2. The molecule has 0 aliphatic heterocycles. The minimum atomic E-state index is -0.396. The maximum Gasteiger partial charge on any atom is 0.337 e. The molecule has 1 aromatic heterocycles. The molecule has 0 aliphatic rings. The van der Waals surface area contributed by atoms with E-state index in [0.29, 0.717) is 27.1 Å². The van der Waals surface area contributed by atoms with Crippen molar-refractivity contribution in [1.82, 2.24) is 15.2 Å². The number of methoxy groups -OCH3 is 1. The van der Waals surface area contributed by atoms with Crippen LogP contribution in [-0.2, 0) is 4.74 Å². The van der Waals surface area contributed by atoms with Gasteiger partial charge in [-0.05, 0) is 42.5 Å². The lowest BCUT2D eigenvalue weighted by Crippen LogP contribution is -2.03. The average molecular weight is 390 g/mol. The molecular formula is C17H13Cl2N5O2. The Morgan fingerprint density at radius 1 is 1.00 bits per heavy atom. The zero-order chi connectivity index (χ0) is 18.5. The lowest BCUT2D eigenvalue weighted by Gasteiger charge is -2.08. The number of nitrogens with one attached hydrogen (secondary N) is 2. The molecule has 0 atom stereocenters. The SMILES string of the molecule is COC(=O)c1ccc(Nc2cnnc(Nc3cc(Cl)cc(Cl)c3)n2)cc1. The number of carbonyl (C=O) groups is 1. The van der Waals surface area contributed by atoms with E-state index >= 15 is 0 Å². The maximum absolute atomic E-state index is 11.4. The first kappa shape index (κ1) is 17.9. The van der Waals surface area contributed by atoms with Crippen LogP contribution in [0.5, 0.6) is 0 Å². The zero-order valence-corrected chi connectivity index (χ0v) is 15.0. The van der Waals surface area contributed by atoms with E-state index in [4.69, 9.17) is 23.2 Å². The Labute approximate surface area is 159 Å². The number of esters is 1. The van der Waals surface area contributed by atoms with Gasteiger partial charge in [0.2, 0.25) is 5.95 Å². The van der Waals surface area contributed by atoms with Crippen molar-refractivity contribution in [3.8, 4) is 0 Å². The Balaban J connectivity index is 1.74. The monoisotopic (exact) mass is 389 g/mol. The smallest absolute Gasteiger partial charge is 0.337 e. The van der Waals surface area contributed by atoms with Crippen LogP contribution in [0.3, 0.4) is 0 Å². The molecule has 132 valence electrons. The van der Waals surface area contributed by atoms with Crippen molar-refractivity contribution in [2.45, 2.75) is 0 Å². The Kier molecular flexibility index (Phi) is 5.50. The number of nitrogens with zero attached hydrogens (tertiary/aromatic N) is 3. The molecular weight excluding hydrogens is 377 g/mol. The number of carbonyl (C=O) groups excluding carboxylic acids is 1. The summed E-state index contributed by atoms with van der Waals surface area (Å²) in [6, 6.07) is 11.8. The molecule has 0 spiro atoms. The summed E-state index contributed by atoms with van der Waals surface area (Å²) in [7, 11) is 1.34. The molecule has 0 fully saturated rings. The fraction of sp³-hybridized carbons (Fsp3) is 0.0588. The van der Waals surface area contributed by atoms with Crippen LogP contribution < -0.4 is 10.6 Å². The molecule has 0 radical (unpaired) electrons. The average Bonchev–Trinajstić information content (AvgIpc) is 2.61. The molecule has 2 N–H and O–H groups in total. The van der Waals surface area contributed by atoms with Gasteiger partial charge in [0.15, 0.2) is 5.82 Å². The minimum absolute atomic E-state index is 0.277. The predicted molar refractivity (Wildman–Crippen MR) is 101 cm³/mol. The van der Waals surface area contributed by atoms with Crippen LogP contribution in [0.4, 0.5) is 23.1 Å². The third-order valence-corrected chi connectivity index (χ3v) is 3.69. The molecule has 1 heterocycles. The van der Waals surface area contributed by atoms with Gasteiger partial charge in [-0.1, -0.05) is 23.2 Å². The molecule has 7 nitrogen and oxygen atoms in total. The molecule has 2 aromatic carbocycles. The van der Waals surface area contributed by atoms with Gasteiger partial charge in [-0.2, -0.15) is 10.1 Å². The third kappa shape index (κ3) is 4.59.